The molecule has 0 aliphatic rings. The van der Waals surface area contributed by atoms with Gasteiger partial charge >= 0.3 is 0 Å². The lowest BCUT2D eigenvalue weighted by Crippen LogP contribution is -2.06. The Kier molecular flexibility index (Phi) is 3.69. The number of rotatable bonds is 4. The average molecular weight is 195 g/mol. The maximum Gasteiger partial charge on any atom is 0.0628 e. The van der Waals surface area contributed by atoms with Crippen molar-refractivity contribution in [2.75, 3.05) is 6.54 Å². The van der Waals surface area contributed by atoms with Crippen molar-refractivity contribution >= 4 is 0 Å². The van der Waals surface area contributed by atoms with Crippen LogP contribution in [0.15, 0.2) is 0 Å². The van der Waals surface area contributed by atoms with Crippen molar-refractivity contribution in [2.45, 2.75) is 46.6 Å². The largest absolute Gasteiger partial charge is 0.330 e. The Morgan fingerprint density at radius 1 is 1.36 bits per heavy atom. The maximum absolute atomic E-state index is 5.52. The van der Waals surface area contributed by atoms with Crippen LogP contribution in [0.1, 0.15) is 43.3 Å². The Morgan fingerprint density at radius 3 is 2.43 bits per heavy atom. The smallest absolute Gasteiger partial charge is 0.0628 e. The molecule has 0 amide bonds. The highest BCUT2D eigenvalue weighted by atomic mass is 15.3. The van der Waals surface area contributed by atoms with Crippen LogP contribution >= 0.6 is 0 Å². The van der Waals surface area contributed by atoms with Gasteiger partial charge in [0.15, 0.2) is 0 Å². The average Bonchev–Trinajstić information content (AvgIpc) is 2.40. The Morgan fingerprint density at radius 2 is 2.00 bits per heavy atom. The molecule has 80 valence electrons. The van der Waals surface area contributed by atoms with Crippen LogP contribution in [0, 0.1) is 13.8 Å². The van der Waals surface area contributed by atoms with Crippen molar-refractivity contribution in [3.8, 4) is 0 Å². The van der Waals surface area contributed by atoms with Gasteiger partial charge in [0.25, 0.3) is 0 Å². The second-order valence-electron chi connectivity index (χ2n) is 4.08. The highest BCUT2D eigenvalue weighted by Gasteiger charge is 2.12. The molecule has 3 heteroatoms. The summed E-state index contributed by atoms with van der Waals surface area (Å²) in [4.78, 5) is 0. The summed E-state index contributed by atoms with van der Waals surface area (Å²) in [6.45, 7) is 9.30. The predicted molar refractivity (Wildman–Crippen MR) is 59.5 cm³/mol. The molecule has 0 aliphatic carbocycles. The van der Waals surface area contributed by atoms with E-state index in [1.54, 1.807) is 0 Å². The zero-order valence-corrected chi connectivity index (χ0v) is 9.67. The van der Waals surface area contributed by atoms with Gasteiger partial charge in [0, 0.05) is 11.7 Å². The van der Waals surface area contributed by atoms with Crippen LogP contribution in [-0.4, -0.2) is 16.3 Å². The van der Waals surface area contributed by atoms with Gasteiger partial charge < -0.3 is 5.73 Å². The Balaban J connectivity index is 2.93. The highest BCUT2D eigenvalue weighted by molar-refractivity contribution is 5.24. The van der Waals surface area contributed by atoms with Crippen molar-refractivity contribution in [1.29, 1.82) is 0 Å². The Labute approximate surface area is 86.3 Å². The third-order valence-corrected chi connectivity index (χ3v) is 2.59. The molecular formula is C11H21N3. The lowest BCUT2D eigenvalue weighted by Gasteiger charge is -2.08. The van der Waals surface area contributed by atoms with Gasteiger partial charge in [-0.2, -0.15) is 5.10 Å². The molecule has 0 radical (unpaired) electrons. The standard InChI is InChI=1S/C11H21N3/c1-8(2)14-10(4)11(6-5-7-12)9(3)13-14/h8H,5-7,12H2,1-4H3. The van der Waals surface area contributed by atoms with Gasteiger partial charge in [-0.1, -0.05) is 0 Å². The van der Waals surface area contributed by atoms with Crippen LogP contribution in [0.3, 0.4) is 0 Å². The zero-order valence-electron chi connectivity index (χ0n) is 9.67. The molecule has 0 atom stereocenters. The van der Waals surface area contributed by atoms with Gasteiger partial charge in [-0.3, -0.25) is 4.68 Å². The van der Waals surface area contributed by atoms with E-state index in [2.05, 4.69) is 37.5 Å². The van der Waals surface area contributed by atoms with Crippen LogP contribution < -0.4 is 5.73 Å². The van der Waals surface area contributed by atoms with E-state index in [9.17, 15) is 0 Å². The summed E-state index contributed by atoms with van der Waals surface area (Å²) in [5, 5.41) is 4.54. The zero-order chi connectivity index (χ0) is 10.7. The molecule has 1 rings (SSSR count). The first-order valence-corrected chi connectivity index (χ1v) is 5.32. The van der Waals surface area contributed by atoms with E-state index in [4.69, 9.17) is 5.73 Å². The molecule has 0 bridgehead atoms. The molecule has 3 nitrogen and oxygen atoms in total. The molecule has 2 N–H and O–H groups in total. The van der Waals surface area contributed by atoms with Gasteiger partial charge in [0.2, 0.25) is 0 Å². The van der Waals surface area contributed by atoms with Crippen LogP contribution in [0.4, 0.5) is 0 Å². The first-order valence-electron chi connectivity index (χ1n) is 5.32. The second kappa shape index (κ2) is 4.60. The normalized spacial score (nSPS) is 11.3. The first-order chi connectivity index (χ1) is 6.57. The summed E-state index contributed by atoms with van der Waals surface area (Å²) in [5.41, 5.74) is 9.35. The summed E-state index contributed by atoms with van der Waals surface area (Å²) in [5.74, 6) is 0. The molecule has 0 saturated carbocycles. The van der Waals surface area contributed by atoms with Gasteiger partial charge in [-0.05, 0) is 52.6 Å². The van der Waals surface area contributed by atoms with Crippen molar-refractivity contribution in [1.82, 2.24) is 9.78 Å². The molecule has 0 aromatic carbocycles. The summed E-state index contributed by atoms with van der Waals surface area (Å²) in [6, 6.07) is 0.445. The Bertz CT molecular complexity index is 300. The monoisotopic (exact) mass is 195 g/mol. The topological polar surface area (TPSA) is 43.8 Å². The van der Waals surface area contributed by atoms with Crippen molar-refractivity contribution in [3.05, 3.63) is 17.0 Å². The van der Waals surface area contributed by atoms with Gasteiger partial charge in [0.1, 0.15) is 0 Å². The number of aryl methyl sites for hydroxylation is 1. The number of nitrogens with two attached hydrogens (primary N) is 1. The molecule has 0 spiro atoms. The summed E-state index contributed by atoms with van der Waals surface area (Å²) in [6.07, 6.45) is 2.10. The van der Waals surface area contributed by atoms with E-state index in [1.807, 2.05) is 0 Å². The van der Waals surface area contributed by atoms with Crippen LogP contribution in [0.5, 0.6) is 0 Å². The van der Waals surface area contributed by atoms with E-state index in [-0.39, 0.29) is 0 Å². The molecule has 1 aromatic rings. The second-order valence-corrected chi connectivity index (χ2v) is 4.08. The van der Waals surface area contributed by atoms with Crippen molar-refractivity contribution in [2.24, 2.45) is 5.73 Å². The van der Waals surface area contributed by atoms with E-state index >= 15 is 0 Å². The maximum atomic E-state index is 5.52. The molecule has 0 saturated heterocycles. The molecule has 0 fully saturated rings. The lowest BCUT2D eigenvalue weighted by atomic mass is 10.1. The SMILES string of the molecule is Cc1nn(C(C)C)c(C)c1CCCN. The molecule has 0 unspecified atom stereocenters. The fraction of sp³-hybridized carbons (Fsp3) is 0.727. The summed E-state index contributed by atoms with van der Waals surface area (Å²) < 4.78 is 2.10. The molecule has 0 aliphatic heterocycles. The first kappa shape index (κ1) is 11.2. The molecule has 1 aromatic heterocycles. The lowest BCUT2D eigenvalue weighted by molar-refractivity contribution is 0.515. The van der Waals surface area contributed by atoms with Gasteiger partial charge in [-0.15, -0.1) is 0 Å². The van der Waals surface area contributed by atoms with E-state index in [0.717, 1.165) is 25.1 Å². The highest BCUT2D eigenvalue weighted by Crippen LogP contribution is 2.18. The third-order valence-electron chi connectivity index (χ3n) is 2.59. The number of aromatic nitrogens is 2. The number of hydrogen-bond acceptors (Lipinski definition) is 2. The Hall–Kier alpha value is -0.830. The molecular weight excluding hydrogens is 174 g/mol. The van der Waals surface area contributed by atoms with Crippen LogP contribution in [0.25, 0.3) is 0 Å². The minimum Gasteiger partial charge on any atom is -0.330 e. The molecule has 14 heavy (non-hydrogen) atoms. The minimum absolute atomic E-state index is 0.445. The van der Waals surface area contributed by atoms with Crippen LogP contribution in [-0.2, 0) is 6.42 Å². The van der Waals surface area contributed by atoms with Crippen molar-refractivity contribution in [3.63, 3.8) is 0 Å². The van der Waals surface area contributed by atoms with Gasteiger partial charge in [0.05, 0.1) is 5.69 Å². The van der Waals surface area contributed by atoms with Crippen LogP contribution in [0.2, 0.25) is 0 Å². The number of nitrogens with zero attached hydrogens (tertiary/aromatic N) is 2. The fourth-order valence-corrected chi connectivity index (χ4v) is 1.84. The van der Waals surface area contributed by atoms with E-state index in [0.29, 0.717) is 6.04 Å². The summed E-state index contributed by atoms with van der Waals surface area (Å²) >= 11 is 0. The quantitative estimate of drug-likeness (QED) is 0.798. The van der Waals surface area contributed by atoms with E-state index in [1.165, 1.54) is 11.3 Å². The summed E-state index contributed by atoms with van der Waals surface area (Å²) in [7, 11) is 0. The van der Waals surface area contributed by atoms with Crippen molar-refractivity contribution < 1.29 is 0 Å². The van der Waals surface area contributed by atoms with E-state index < -0.39 is 0 Å². The minimum atomic E-state index is 0.445. The van der Waals surface area contributed by atoms with Gasteiger partial charge in [-0.25, -0.2) is 0 Å². The molecule has 1 heterocycles. The third kappa shape index (κ3) is 2.15. The fourth-order valence-electron chi connectivity index (χ4n) is 1.84. The predicted octanol–water partition coefficient (Wildman–Crippen LogP) is 1.97. The number of hydrogen-bond donors (Lipinski definition) is 1.